The molecule has 19 heavy (non-hydrogen) atoms. The van der Waals surface area contributed by atoms with Crippen molar-refractivity contribution in [1.29, 1.82) is 0 Å². The lowest BCUT2D eigenvalue weighted by Gasteiger charge is -2.26. The smallest absolute Gasteiger partial charge is 0.133 e. The first kappa shape index (κ1) is 12.5. The lowest BCUT2D eigenvalue weighted by atomic mass is 9.92. The van der Waals surface area contributed by atoms with Gasteiger partial charge < -0.3 is 10.1 Å². The zero-order chi connectivity index (χ0) is 13.1. The molecule has 0 saturated heterocycles. The summed E-state index contributed by atoms with van der Waals surface area (Å²) in [4.78, 5) is 0. The fourth-order valence-corrected chi connectivity index (χ4v) is 2.88. The zero-order valence-electron chi connectivity index (χ0n) is 10.6. The predicted molar refractivity (Wildman–Crippen MR) is 81.9 cm³/mol. The Labute approximate surface area is 121 Å². The number of ether oxygens (including phenoxy) is 1. The van der Waals surface area contributed by atoms with E-state index in [0.717, 1.165) is 29.8 Å². The topological polar surface area (TPSA) is 21.3 Å². The molecule has 0 aromatic heterocycles. The third kappa shape index (κ3) is 2.76. The molecule has 0 radical (unpaired) electrons. The van der Waals surface area contributed by atoms with Crippen LogP contribution in [0.4, 0.5) is 5.69 Å². The van der Waals surface area contributed by atoms with Crippen LogP contribution in [0.3, 0.4) is 0 Å². The molecule has 3 rings (SSSR count). The van der Waals surface area contributed by atoms with E-state index in [1.54, 1.807) is 0 Å². The first-order chi connectivity index (χ1) is 9.34. The highest BCUT2D eigenvalue weighted by molar-refractivity contribution is 9.10. The van der Waals surface area contributed by atoms with Crippen molar-refractivity contribution >= 4 is 21.6 Å². The summed E-state index contributed by atoms with van der Waals surface area (Å²) in [6.45, 7) is 1.74. The highest BCUT2D eigenvalue weighted by Crippen LogP contribution is 2.32. The maximum absolute atomic E-state index is 5.96. The fraction of sp³-hybridized carbons (Fsp3) is 0.250. The molecule has 0 fully saturated rings. The maximum Gasteiger partial charge on any atom is 0.133 e. The SMILES string of the molecule is Brc1ccccc1OCC1CCNc2ccccc21. The highest BCUT2D eigenvalue weighted by atomic mass is 79.9. The van der Waals surface area contributed by atoms with E-state index in [0.29, 0.717) is 5.92 Å². The third-order valence-electron chi connectivity index (χ3n) is 3.49. The molecule has 1 N–H and O–H groups in total. The van der Waals surface area contributed by atoms with Gasteiger partial charge in [-0.15, -0.1) is 0 Å². The Kier molecular flexibility index (Phi) is 3.74. The average Bonchev–Trinajstić information content (AvgIpc) is 2.46. The standard InChI is InChI=1S/C16H16BrNO/c17-14-6-2-4-8-16(14)19-11-12-9-10-18-15-7-3-1-5-13(12)15/h1-8,12,18H,9-11H2. The molecule has 2 nitrogen and oxygen atoms in total. The zero-order valence-corrected chi connectivity index (χ0v) is 12.2. The van der Waals surface area contributed by atoms with Crippen molar-refractivity contribution in [3.8, 4) is 5.75 Å². The number of anilines is 1. The van der Waals surface area contributed by atoms with Crippen LogP contribution >= 0.6 is 15.9 Å². The van der Waals surface area contributed by atoms with Crippen LogP contribution in [0, 0.1) is 0 Å². The fourth-order valence-electron chi connectivity index (χ4n) is 2.48. The Hall–Kier alpha value is -1.48. The van der Waals surface area contributed by atoms with E-state index in [1.165, 1.54) is 11.3 Å². The summed E-state index contributed by atoms with van der Waals surface area (Å²) >= 11 is 3.52. The second-order valence-corrected chi connectivity index (χ2v) is 5.60. The summed E-state index contributed by atoms with van der Waals surface area (Å²) in [5.74, 6) is 1.38. The molecule has 0 aliphatic carbocycles. The van der Waals surface area contributed by atoms with Crippen LogP contribution in [0.2, 0.25) is 0 Å². The molecule has 2 aromatic rings. The number of rotatable bonds is 3. The second kappa shape index (κ2) is 5.66. The minimum Gasteiger partial charge on any atom is -0.492 e. The van der Waals surface area contributed by atoms with Crippen LogP contribution in [0.25, 0.3) is 0 Å². The van der Waals surface area contributed by atoms with Crippen molar-refractivity contribution in [2.24, 2.45) is 0 Å². The maximum atomic E-state index is 5.96. The van der Waals surface area contributed by atoms with E-state index in [1.807, 2.05) is 24.3 Å². The first-order valence-corrected chi connectivity index (χ1v) is 7.34. The summed E-state index contributed by atoms with van der Waals surface area (Å²) in [7, 11) is 0. The summed E-state index contributed by atoms with van der Waals surface area (Å²) in [6, 6.07) is 16.5. The third-order valence-corrected chi connectivity index (χ3v) is 4.14. The molecule has 1 atom stereocenters. The minimum absolute atomic E-state index is 0.463. The van der Waals surface area contributed by atoms with Gasteiger partial charge >= 0.3 is 0 Å². The second-order valence-electron chi connectivity index (χ2n) is 4.74. The molecule has 1 unspecified atom stereocenters. The monoisotopic (exact) mass is 317 g/mol. The summed E-state index contributed by atoms with van der Waals surface area (Å²) < 4.78 is 6.97. The number of benzene rings is 2. The number of halogens is 1. The van der Waals surface area contributed by atoms with Gasteiger partial charge in [0.25, 0.3) is 0 Å². The first-order valence-electron chi connectivity index (χ1n) is 6.55. The summed E-state index contributed by atoms with van der Waals surface area (Å²) in [6.07, 6.45) is 1.11. The molecule has 1 heterocycles. The van der Waals surface area contributed by atoms with E-state index >= 15 is 0 Å². The molecular weight excluding hydrogens is 302 g/mol. The van der Waals surface area contributed by atoms with E-state index in [4.69, 9.17) is 4.74 Å². The van der Waals surface area contributed by atoms with Gasteiger partial charge in [0.05, 0.1) is 11.1 Å². The van der Waals surface area contributed by atoms with Gasteiger partial charge in [0.1, 0.15) is 5.75 Å². The molecule has 1 aliphatic rings. The number of nitrogens with one attached hydrogen (secondary N) is 1. The van der Waals surface area contributed by atoms with Gasteiger partial charge in [-0.3, -0.25) is 0 Å². The van der Waals surface area contributed by atoms with Crippen LogP contribution < -0.4 is 10.1 Å². The molecule has 98 valence electrons. The Morgan fingerprint density at radius 3 is 2.79 bits per heavy atom. The summed E-state index contributed by atoms with van der Waals surface area (Å²) in [5.41, 5.74) is 2.61. The van der Waals surface area contributed by atoms with E-state index in [9.17, 15) is 0 Å². The van der Waals surface area contributed by atoms with Crippen LogP contribution in [0.1, 0.15) is 17.9 Å². The largest absolute Gasteiger partial charge is 0.492 e. The predicted octanol–water partition coefficient (Wildman–Crippen LogP) is 4.43. The van der Waals surface area contributed by atoms with Gasteiger partial charge in [-0.25, -0.2) is 0 Å². The van der Waals surface area contributed by atoms with E-state index in [2.05, 4.69) is 45.5 Å². The number of hydrogen-bond donors (Lipinski definition) is 1. The Bertz CT molecular complexity index is 570. The van der Waals surface area contributed by atoms with Gasteiger partial charge in [0.15, 0.2) is 0 Å². The minimum atomic E-state index is 0.463. The van der Waals surface area contributed by atoms with Crippen LogP contribution in [-0.4, -0.2) is 13.2 Å². The normalized spacial score (nSPS) is 17.4. The van der Waals surface area contributed by atoms with Gasteiger partial charge in [-0.2, -0.15) is 0 Å². The molecule has 3 heteroatoms. The van der Waals surface area contributed by atoms with Crippen molar-refractivity contribution in [1.82, 2.24) is 0 Å². The van der Waals surface area contributed by atoms with Gasteiger partial charge in [-0.1, -0.05) is 30.3 Å². The molecule has 1 aliphatic heterocycles. The molecule has 0 saturated carbocycles. The molecular formula is C16H16BrNO. The Morgan fingerprint density at radius 2 is 1.89 bits per heavy atom. The molecule has 2 aromatic carbocycles. The van der Waals surface area contributed by atoms with Crippen molar-refractivity contribution in [3.05, 3.63) is 58.6 Å². The summed E-state index contributed by atoms with van der Waals surface area (Å²) in [5, 5.41) is 3.44. The van der Waals surface area contributed by atoms with Crippen molar-refractivity contribution < 1.29 is 4.74 Å². The van der Waals surface area contributed by atoms with Crippen LogP contribution in [0.5, 0.6) is 5.75 Å². The molecule has 0 amide bonds. The van der Waals surface area contributed by atoms with Gasteiger partial charge in [-0.05, 0) is 46.1 Å². The average molecular weight is 318 g/mol. The van der Waals surface area contributed by atoms with Crippen LogP contribution in [0.15, 0.2) is 53.0 Å². The Balaban J connectivity index is 1.73. The number of para-hydroxylation sites is 2. The lowest BCUT2D eigenvalue weighted by molar-refractivity contribution is 0.280. The van der Waals surface area contributed by atoms with Crippen molar-refractivity contribution in [2.75, 3.05) is 18.5 Å². The Morgan fingerprint density at radius 1 is 1.11 bits per heavy atom. The van der Waals surface area contributed by atoms with Gasteiger partial charge in [0, 0.05) is 18.2 Å². The van der Waals surface area contributed by atoms with Crippen molar-refractivity contribution in [2.45, 2.75) is 12.3 Å². The van der Waals surface area contributed by atoms with Gasteiger partial charge in [0.2, 0.25) is 0 Å². The van der Waals surface area contributed by atoms with Crippen LogP contribution in [-0.2, 0) is 0 Å². The molecule has 0 bridgehead atoms. The molecule has 0 spiro atoms. The number of fused-ring (bicyclic) bond motifs is 1. The number of hydrogen-bond acceptors (Lipinski definition) is 2. The lowest BCUT2D eigenvalue weighted by Crippen LogP contribution is -2.21. The van der Waals surface area contributed by atoms with E-state index in [-0.39, 0.29) is 0 Å². The highest BCUT2D eigenvalue weighted by Gasteiger charge is 2.20. The van der Waals surface area contributed by atoms with E-state index < -0.39 is 0 Å². The van der Waals surface area contributed by atoms with Crippen molar-refractivity contribution in [3.63, 3.8) is 0 Å². The quantitative estimate of drug-likeness (QED) is 0.904.